The van der Waals surface area contributed by atoms with Crippen LogP contribution in [0.25, 0.3) is 16.2 Å². The van der Waals surface area contributed by atoms with E-state index in [4.69, 9.17) is 0 Å². The highest BCUT2D eigenvalue weighted by Crippen LogP contribution is 2.20. The van der Waals surface area contributed by atoms with Gasteiger partial charge in [-0.25, -0.2) is 9.50 Å². The molecule has 0 aliphatic heterocycles. The summed E-state index contributed by atoms with van der Waals surface area (Å²) in [4.78, 5) is 5.46. The first-order chi connectivity index (χ1) is 7.86. The molecule has 0 N–H and O–H groups in total. The van der Waals surface area contributed by atoms with E-state index in [2.05, 4.69) is 41.3 Å². The topological polar surface area (TPSA) is 30.2 Å². The Morgan fingerprint density at radius 1 is 1.25 bits per heavy atom. The molecular weight excluding hydrogens is 218 g/mol. The fourth-order valence-corrected chi connectivity index (χ4v) is 2.29. The molecule has 0 aliphatic carbocycles. The number of benzene rings is 1. The minimum Gasteiger partial charge on any atom is -0.217 e. The third-order valence-corrected chi connectivity index (χ3v) is 3.33. The standard InChI is InChI=1S/C12H11N3S/c1-2-9-3-5-10(6-4-9)11-7-15-12(14-11)16-8-13-15/h3-8H,2H2,1H3. The fourth-order valence-electron chi connectivity index (χ4n) is 1.69. The smallest absolute Gasteiger partial charge is 0.212 e. The first-order valence-corrected chi connectivity index (χ1v) is 6.13. The quantitative estimate of drug-likeness (QED) is 0.676. The molecule has 2 aromatic heterocycles. The van der Waals surface area contributed by atoms with Crippen LogP contribution in [0.1, 0.15) is 12.5 Å². The van der Waals surface area contributed by atoms with Gasteiger partial charge >= 0.3 is 0 Å². The highest BCUT2D eigenvalue weighted by Gasteiger charge is 2.05. The van der Waals surface area contributed by atoms with Crippen LogP contribution in [0.4, 0.5) is 0 Å². The van der Waals surface area contributed by atoms with Gasteiger partial charge in [-0.3, -0.25) is 0 Å². The minimum atomic E-state index is 0.939. The first-order valence-electron chi connectivity index (χ1n) is 5.25. The second-order valence-corrected chi connectivity index (χ2v) is 4.45. The molecule has 0 radical (unpaired) electrons. The monoisotopic (exact) mass is 229 g/mol. The zero-order valence-corrected chi connectivity index (χ0v) is 9.74. The molecule has 0 atom stereocenters. The van der Waals surface area contributed by atoms with Gasteiger partial charge in [-0.2, -0.15) is 5.10 Å². The zero-order valence-electron chi connectivity index (χ0n) is 8.92. The maximum absolute atomic E-state index is 4.52. The molecule has 3 aromatic rings. The zero-order chi connectivity index (χ0) is 11.0. The van der Waals surface area contributed by atoms with Gasteiger partial charge in [0.15, 0.2) is 0 Å². The summed E-state index contributed by atoms with van der Waals surface area (Å²) in [6.07, 6.45) is 3.03. The van der Waals surface area contributed by atoms with E-state index in [9.17, 15) is 0 Å². The van der Waals surface area contributed by atoms with Crippen LogP contribution in [0, 0.1) is 0 Å². The van der Waals surface area contributed by atoms with Gasteiger partial charge in [-0.15, -0.1) is 0 Å². The predicted molar refractivity (Wildman–Crippen MR) is 65.7 cm³/mol. The second kappa shape index (κ2) is 3.72. The Bertz CT molecular complexity index is 578. The Labute approximate surface area is 97.4 Å². The van der Waals surface area contributed by atoms with Crippen molar-refractivity contribution in [2.24, 2.45) is 0 Å². The summed E-state index contributed by atoms with van der Waals surface area (Å²) in [6.45, 7) is 2.16. The van der Waals surface area contributed by atoms with Gasteiger partial charge in [0.25, 0.3) is 0 Å². The van der Waals surface area contributed by atoms with Crippen LogP contribution >= 0.6 is 11.3 Å². The molecule has 0 saturated carbocycles. The van der Waals surface area contributed by atoms with Crippen LogP contribution in [-0.2, 0) is 6.42 Å². The van der Waals surface area contributed by atoms with Crippen molar-refractivity contribution < 1.29 is 0 Å². The molecule has 2 heterocycles. The Morgan fingerprint density at radius 3 is 2.75 bits per heavy atom. The van der Waals surface area contributed by atoms with Crippen LogP contribution in [0.2, 0.25) is 0 Å². The van der Waals surface area contributed by atoms with E-state index in [-0.39, 0.29) is 0 Å². The van der Waals surface area contributed by atoms with Gasteiger partial charge in [0.05, 0.1) is 11.9 Å². The van der Waals surface area contributed by atoms with Crippen LogP contribution < -0.4 is 0 Å². The molecule has 3 rings (SSSR count). The lowest BCUT2D eigenvalue weighted by molar-refractivity contribution is 0.974. The highest BCUT2D eigenvalue weighted by atomic mass is 32.1. The third-order valence-electron chi connectivity index (χ3n) is 2.64. The maximum atomic E-state index is 4.52. The molecule has 3 nitrogen and oxygen atoms in total. The van der Waals surface area contributed by atoms with Crippen molar-refractivity contribution in [2.75, 3.05) is 0 Å². The summed E-state index contributed by atoms with van der Waals surface area (Å²) in [5, 5.41) is 4.17. The molecule has 0 bridgehead atoms. The van der Waals surface area contributed by atoms with E-state index < -0.39 is 0 Å². The lowest BCUT2D eigenvalue weighted by atomic mass is 10.1. The molecule has 0 spiro atoms. The molecule has 80 valence electrons. The van der Waals surface area contributed by atoms with E-state index in [1.807, 2.05) is 10.7 Å². The van der Waals surface area contributed by atoms with E-state index in [0.29, 0.717) is 0 Å². The lowest BCUT2D eigenvalue weighted by Gasteiger charge is -1.98. The number of imidazole rings is 1. The van der Waals surface area contributed by atoms with Gasteiger partial charge in [0, 0.05) is 5.56 Å². The van der Waals surface area contributed by atoms with E-state index >= 15 is 0 Å². The summed E-state index contributed by atoms with van der Waals surface area (Å²) in [7, 11) is 0. The Hall–Kier alpha value is -1.68. The summed E-state index contributed by atoms with van der Waals surface area (Å²) in [5.41, 5.74) is 5.28. The summed E-state index contributed by atoms with van der Waals surface area (Å²) in [6, 6.07) is 8.53. The fraction of sp³-hybridized carbons (Fsp3) is 0.167. The third kappa shape index (κ3) is 1.51. The molecule has 1 aromatic carbocycles. The molecular formula is C12H11N3S. The lowest BCUT2D eigenvalue weighted by Crippen LogP contribution is -1.81. The Morgan fingerprint density at radius 2 is 2.06 bits per heavy atom. The average molecular weight is 229 g/mol. The van der Waals surface area contributed by atoms with Crippen molar-refractivity contribution in [1.82, 2.24) is 14.6 Å². The predicted octanol–water partition coefficient (Wildman–Crippen LogP) is 3.02. The second-order valence-electron chi connectivity index (χ2n) is 3.64. The van der Waals surface area contributed by atoms with E-state index in [1.54, 1.807) is 16.8 Å². The highest BCUT2D eigenvalue weighted by molar-refractivity contribution is 7.14. The number of aromatic nitrogens is 3. The van der Waals surface area contributed by atoms with Crippen LogP contribution in [0.3, 0.4) is 0 Å². The van der Waals surface area contributed by atoms with E-state index in [1.165, 1.54) is 5.56 Å². The van der Waals surface area contributed by atoms with Gasteiger partial charge < -0.3 is 0 Å². The summed E-state index contributed by atoms with van der Waals surface area (Å²) < 4.78 is 1.81. The minimum absolute atomic E-state index is 0.939. The number of hydrogen-bond acceptors (Lipinski definition) is 3. The number of fused-ring (bicyclic) bond motifs is 1. The molecule has 0 amide bonds. The number of nitrogens with zero attached hydrogens (tertiary/aromatic N) is 3. The molecule has 0 fully saturated rings. The maximum Gasteiger partial charge on any atom is 0.212 e. The van der Waals surface area contributed by atoms with Crippen molar-refractivity contribution in [3.8, 4) is 11.3 Å². The number of hydrogen-bond donors (Lipinski definition) is 0. The average Bonchev–Trinajstić information content (AvgIpc) is 2.89. The van der Waals surface area contributed by atoms with Crippen molar-refractivity contribution >= 4 is 16.3 Å². The van der Waals surface area contributed by atoms with Crippen LogP contribution in [-0.4, -0.2) is 14.6 Å². The Kier molecular flexibility index (Phi) is 2.22. The summed E-state index contributed by atoms with van der Waals surface area (Å²) in [5.74, 6) is 0. The van der Waals surface area contributed by atoms with Gasteiger partial charge in [-0.1, -0.05) is 42.5 Å². The normalized spacial score (nSPS) is 11.1. The van der Waals surface area contributed by atoms with Gasteiger partial charge in [0.1, 0.15) is 5.51 Å². The SMILES string of the molecule is CCc1ccc(-c2cn3ncsc3n2)cc1. The van der Waals surface area contributed by atoms with Crippen molar-refractivity contribution in [2.45, 2.75) is 13.3 Å². The molecule has 0 aliphatic rings. The molecule has 0 unspecified atom stereocenters. The van der Waals surface area contributed by atoms with E-state index in [0.717, 1.165) is 22.6 Å². The molecule has 16 heavy (non-hydrogen) atoms. The first kappa shape index (κ1) is 9.54. The van der Waals surface area contributed by atoms with Crippen molar-refractivity contribution in [3.05, 3.63) is 41.5 Å². The van der Waals surface area contributed by atoms with Crippen molar-refractivity contribution in [3.63, 3.8) is 0 Å². The number of aryl methyl sites for hydroxylation is 1. The number of rotatable bonds is 2. The van der Waals surface area contributed by atoms with Gasteiger partial charge in [-0.05, 0) is 12.0 Å². The van der Waals surface area contributed by atoms with Crippen LogP contribution in [0.5, 0.6) is 0 Å². The van der Waals surface area contributed by atoms with Crippen molar-refractivity contribution in [1.29, 1.82) is 0 Å². The molecule has 0 saturated heterocycles. The van der Waals surface area contributed by atoms with Gasteiger partial charge in [0.2, 0.25) is 4.96 Å². The largest absolute Gasteiger partial charge is 0.217 e. The summed E-state index contributed by atoms with van der Waals surface area (Å²) >= 11 is 1.55. The Balaban J connectivity index is 2.05. The van der Waals surface area contributed by atoms with Crippen LogP contribution in [0.15, 0.2) is 36.0 Å². The molecule has 4 heteroatoms.